The first-order valence-corrected chi connectivity index (χ1v) is 9.44. The molecule has 2 unspecified atom stereocenters. The average Bonchev–Trinajstić information content (AvgIpc) is 3.09. The highest BCUT2D eigenvalue weighted by molar-refractivity contribution is 14.0. The van der Waals surface area contributed by atoms with E-state index in [9.17, 15) is 9.50 Å². The molecule has 0 fully saturated rings. The SMILES string of the molecule is CN=C(NCC(O)c1ccccc1F)NC1CCc2cn(C(C)C)nc2C1.I. The predicted octanol–water partition coefficient (Wildman–Crippen LogP) is 2.98. The number of aromatic nitrogens is 2. The van der Waals surface area contributed by atoms with Crippen LogP contribution in [0.5, 0.6) is 0 Å². The number of aliphatic imine (C=N–C) groups is 1. The lowest BCUT2D eigenvalue weighted by atomic mass is 9.94. The van der Waals surface area contributed by atoms with Gasteiger partial charge in [0, 0.05) is 43.9 Å². The van der Waals surface area contributed by atoms with Crippen LogP contribution in [0.3, 0.4) is 0 Å². The standard InChI is InChI=1S/C20H28FN5O.HI/c1-13(2)26-12-14-8-9-15(10-18(14)25-26)24-20(22-3)23-11-19(27)16-6-4-5-7-17(16)21;/h4-7,12-13,15,19,27H,8-11H2,1-3H3,(H2,22,23,24);1H. The third-order valence-electron chi connectivity index (χ3n) is 4.92. The molecule has 0 bridgehead atoms. The van der Waals surface area contributed by atoms with E-state index in [-0.39, 0.29) is 42.1 Å². The fourth-order valence-corrected chi connectivity index (χ4v) is 3.34. The summed E-state index contributed by atoms with van der Waals surface area (Å²) in [4.78, 5) is 4.22. The Morgan fingerprint density at radius 1 is 1.39 bits per heavy atom. The number of fused-ring (bicyclic) bond motifs is 1. The van der Waals surface area contributed by atoms with Crippen molar-refractivity contribution in [3.8, 4) is 0 Å². The van der Waals surface area contributed by atoms with E-state index in [0.717, 1.165) is 25.0 Å². The number of rotatable bonds is 5. The minimum absolute atomic E-state index is 0. The Balaban J connectivity index is 0.00000280. The van der Waals surface area contributed by atoms with E-state index < -0.39 is 11.9 Å². The normalized spacial score (nSPS) is 17.6. The third kappa shape index (κ3) is 5.44. The summed E-state index contributed by atoms with van der Waals surface area (Å²) in [5, 5.41) is 21.4. The van der Waals surface area contributed by atoms with Gasteiger partial charge in [-0.1, -0.05) is 18.2 Å². The molecule has 8 heteroatoms. The molecule has 3 N–H and O–H groups in total. The first kappa shape index (κ1) is 22.6. The third-order valence-corrected chi connectivity index (χ3v) is 4.92. The molecule has 1 aliphatic carbocycles. The molecule has 1 aliphatic rings. The highest BCUT2D eigenvalue weighted by atomic mass is 127. The lowest BCUT2D eigenvalue weighted by Crippen LogP contribution is -2.46. The van der Waals surface area contributed by atoms with E-state index in [1.807, 2.05) is 4.68 Å². The van der Waals surface area contributed by atoms with Gasteiger partial charge in [-0.3, -0.25) is 9.67 Å². The average molecular weight is 501 g/mol. The summed E-state index contributed by atoms with van der Waals surface area (Å²) in [5.41, 5.74) is 2.73. The topological polar surface area (TPSA) is 74.5 Å². The minimum atomic E-state index is -0.940. The Hall–Kier alpha value is -1.68. The summed E-state index contributed by atoms with van der Waals surface area (Å²) in [7, 11) is 1.69. The molecule has 0 saturated heterocycles. The molecule has 154 valence electrons. The number of hydrogen-bond donors (Lipinski definition) is 3. The number of nitrogens with one attached hydrogen (secondary N) is 2. The van der Waals surface area contributed by atoms with Crippen LogP contribution in [0.2, 0.25) is 0 Å². The summed E-state index contributed by atoms with van der Waals surface area (Å²) in [5.74, 6) is 0.192. The van der Waals surface area contributed by atoms with Gasteiger partial charge >= 0.3 is 0 Å². The van der Waals surface area contributed by atoms with Gasteiger partial charge in [0.05, 0.1) is 11.8 Å². The van der Waals surface area contributed by atoms with E-state index in [1.165, 1.54) is 11.6 Å². The number of guanidine groups is 1. The monoisotopic (exact) mass is 501 g/mol. The summed E-state index contributed by atoms with van der Waals surface area (Å²) in [6.07, 6.45) is 4.02. The van der Waals surface area contributed by atoms with Crippen LogP contribution in [0.15, 0.2) is 35.5 Å². The number of aliphatic hydroxyl groups excluding tert-OH is 1. The van der Waals surface area contributed by atoms with Crippen LogP contribution in [0.4, 0.5) is 4.39 Å². The molecule has 2 aromatic rings. The Kier molecular flexibility index (Phi) is 8.23. The van der Waals surface area contributed by atoms with Gasteiger partial charge in [0.2, 0.25) is 0 Å². The molecular weight excluding hydrogens is 472 g/mol. The van der Waals surface area contributed by atoms with E-state index in [4.69, 9.17) is 5.10 Å². The summed E-state index contributed by atoms with van der Waals surface area (Å²) >= 11 is 0. The molecule has 6 nitrogen and oxygen atoms in total. The van der Waals surface area contributed by atoms with Crippen molar-refractivity contribution >= 4 is 29.9 Å². The van der Waals surface area contributed by atoms with Gasteiger partial charge in [-0.05, 0) is 38.3 Å². The lowest BCUT2D eigenvalue weighted by Gasteiger charge is -2.25. The first-order chi connectivity index (χ1) is 13.0. The zero-order chi connectivity index (χ0) is 19.4. The molecule has 2 atom stereocenters. The number of aliphatic hydroxyl groups is 1. The van der Waals surface area contributed by atoms with Crippen molar-refractivity contribution in [1.82, 2.24) is 20.4 Å². The van der Waals surface area contributed by atoms with E-state index in [2.05, 4.69) is 35.7 Å². The highest BCUT2D eigenvalue weighted by Gasteiger charge is 2.23. The molecule has 1 aromatic heterocycles. The summed E-state index contributed by atoms with van der Waals surface area (Å²) in [6.45, 7) is 4.43. The van der Waals surface area contributed by atoms with Gasteiger partial charge in [0.15, 0.2) is 5.96 Å². The molecule has 0 saturated carbocycles. The van der Waals surface area contributed by atoms with Crippen LogP contribution in [0.1, 0.15) is 49.2 Å². The van der Waals surface area contributed by atoms with Gasteiger partial charge < -0.3 is 15.7 Å². The molecule has 3 rings (SSSR count). The van der Waals surface area contributed by atoms with E-state index >= 15 is 0 Å². The molecule has 1 aromatic carbocycles. The van der Waals surface area contributed by atoms with E-state index in [1.54, 1.807) is 25.2 Å². The van der Waals surface area contributed by atoms with Crippen molar-refractivity contribution in [2.45, 2.75) is 51.3 Å². The summed E-state index contributed by atoms with van der Waals surface area (Å²) in [6, 6.07) is 6.84. The second-order valence-corrected chi connectivity index (χ2v) is 7.25. The molecule has 0 aliphatic heterocycles. The largest absolute Gasteiger partial charge is 0.386 e. The van der Waals surface area contributed by atoms with Gasteiger partial charge in [0.1, 0.15) is 5.82 Å². The molecule has 1 heterocycles. The van der Waals surface area contributed by atoms with Crippen molar-refractivity contribution in [2.24, 2.45) is 4.99 Å². The van der Waals surface area contributed by atoms with Crippen LogP contribution in [0.25, 0.3) is 0 Å². The Morgan fingerprint density at radius 3 is 2.82 bits per heavy atom. The highest BCUT2D eigenvalue weighted by Crippen LogP contribution is 2.22. The lowest BCUT2D eigenvalue weighted by molar-refractivity contribution is 0.176. The van der Waals surface area contributed by atoms with Crippen LogP contribution in [-0.2, 0) is 12.8 Å². The second-order valence-electron chi connectivity index (χ2n) is 7.25. The maximum atomic E-state index is 13.8. The van der Waals surface area contributed by atoms with Gasteiger partial charge in [-0.25, -0.2) is 4.39 Å². The van der Waals surface area contributed by atoms with Crippen molar-refractivity contribution < 1.29 is 9.50 Å². The maximum absolute atomic E-state index is 13.8. The maximum Gasteiger partial charge on any atom is 0.191 e. The molecule has 0 radical (unpaired) electrons. The molecule has 28 heavy (non-hydrogen) atoms. The smallest absolute Gasteiger partial charge is 0.191 e. The van der Waals surface area contributed by atoms with Crippen LogP contribution < -0.4 is 10.6 Å². The zero-order valence-corrected chi connectivity index (χ0v) is 18.9. The Bertz CT molecular complexity index is 808. The van der Waals surface area contributed by atoms with Crippen LogP contribution >= 0.6 is 24.0 Å². The number of hydrogen-bond acceptors (Lipinski definition) is 3. The van der Waals surface area contributed by atoms with Crippen molar-refractivity contribution in [3.63, 3.8) is 0 Å². The van der Waals surface area contributed by atoms with Gasteiger partial charge in [0.25, 0.3) is 0 Å². The molecular formula is C20H29FIN5O. The Labute approximate surface area is 182 Å². The van der Waals surface area contributed by atoms with Crippen molar-refractivity contribution in [3.05, 3.63) is 53.1 Å². The predicted molar refractivity (Wildman–Crippen MR) is 120 cm³/mol. The fraction of sp³-hybridized carbons (Fsp3) is 0.500. The number of nitrogens with zero attached hydrogens (tertiary/aromatic N) is 3. The quantitative estimate of drug-likeness (QED) is 0.335. The summed E-state index contributed by atoms with van der Waals surface area (Å²) < 4.78 is 15.8. The van der Waals surface area contributed by atoms with Crippen molar-refractivity contribution in [1.29, 1.82) is 0 Å². The molecule has 0 spiro atoms. The Morgan fingerprint density at radius 2 is 2.14 bits per heavy atom. The first-order valence-electron chi connectivity index (χ1n) is 9.44. The molecule has 0 amide bonds. The number of aryl methyl sites for hydroxylation is 1. The number of benzene rings is 1. The fourth-order valence-electron chi connectivity index (χ4n) is 3.34. The van der Waals surface area contributed by atoms with E-state index in [0.29, 0.717) is 12.0 Å². The number of halogens is 2. The van der Waals surface area contributed by atoms with Gasteiger partial charge in [-0.2, -0.15) is 5.10 Å². The minimum Gasteiger partial charge on any atom is -0.386 e. The van der Waals surface area contributed by atoms with Crippen LogP contribution in [-0.4, -0.2) is 40.5 Å². The van der Waals surface area contributed by atoms with Crippen molar-refractivity contribution in [2.75, 3.05) is 13.6 Å². The van der Waals surface area contributed by atoms with Gasteiger partial charge in [-0.15, -0.1) is 24.0 Å². The zero-order valence-electron chi connectivity index (χ0n) is 16.5. The second kappa shape index (κ2) is 10.2. The van der Waals surface area contributed by atoms with Crippen LogP contribution in [0, 0.1) is 5.82 Å².